The molecule has 22 heavy (non-hydrogen) atoms. The zero-order valence-corrected chi connectivity index (χ0v) is 12.8. The van der Waals surface area contributed by atoms with E-state index < -0.39 is 0 Å². The summed E-state index contributed by atoms with van der Waals surface area (Å²) in [6, 6.07) is 8.53. The largest absolute Gasteiger partial charge is 0.497 e. The Hall–Kier alpha value is -2.76. The van der Waals surface area contributed by atoms with Gasteiger partial charge in [0.05, 0.1) is 19.9 Å². The van der Waals surface area contributed by atoms with Gasteiger partial charge >= 0.3 is 0 Å². The van der Waals surface area contributed by atoms with Crippen molar-refractivity contribution < 1.29 is 14.3 Å². The number of carbonyl (C=O) groups is 1. The molecule has 1 amide bonds. The van der Waals surface area contributed by atoms with Crippen LogP contribution in [-0.2, 0) is 11.3 Å². The van der Waals surface area contributed by atoms with Gasteiger partial charge in [0, 0.05) is 17.8 Å². The van der Waals surface area contributed by atoms with E-state index in [0.717, 1.165) is 0 Å². The molecule has 0 unspecified atom stereocenters. The van der Waals surface area contributed by atoms with Crippen molar-refractivity contribution in [3.63, 3.8) is 0 Å². The molecule has 2 rings (SSSR count). The van der Waals surface area contributed by atoms with Gasteiger partial charge < -0.3 is 19.4 Å². The first-order valence-corrected chi connectivity index (χ1v) is 6.73. The van der Waals surface area contributed by atoms with Crippen molar-refractivity contribution in [1.29, 1.82) is 0 Å². The third-order valence-corrected chi connectivity index (χ3v) is 3.21. The van der Waals surface area contributed by atoms with Crippen LogP contribution in [0.2, 0.25) is 0 Å². The summed E-state index contributed by atoms with van der Waals surface area (Å²) in [5.41, 5.74) is 0.936. The lowest BCUT2D eigenvalue weighted by Gasteiger charge is -2.12. The number of nitrogens with one attached hydrogen (secondary N) is 1. The number of anilines is 1. The third kappa shape index (κ3) is 3.46. The standard InChI is InChI=1S/C16H18N2O4/c1-11-5-4-8-18(16(11)20)10-15(19)17-13-7-6-12(21-2)9-14(13)22-3/h4-9H,10H2,1-3H3,(H,17,19). The van der Waals surface area contributed by atoms with Gasteiger partial charge in [0.1, 0.15) is 18.0 Å². The average Bonchev–Trinajstić information content (AvgIpc) is 2.52. The van der Waals surface area contributed by atoms with Crippen LogP contribution in [0.25, 0.3) is 0 Å². The van der Waals surface area contributed by atoms with Gasteiger partial charge in [-0.2, -0.15) is 0 Å². The Kier molecular flexibility index (Phi) is 4.83. The van der Waals surface area contributed by atoms with Gasteiger partial charge in [0.2, 0.25) is 5.91 Å². The number of methoxy groups -OCH3 is 2. The first kappa shape index (κ1) is 15.6. The van der Waals surface area contributed by atoms with E-state index in [0.29, 0.717) is 22.7 Å². The van der Waals surface area contributed by atoms with E-state index >= 15 is 0 Å². The van der Waals surface area contributed by atoms with Gasteiger partial charge in [-0.05, 0) is 25.1 Å². The predicted octanol–water partition coefficient (Wildman–Crippen LogP) is 1.81. The van der Waals surface area contributed by atoms with Crippen molar-refractivity contribution in [1.82, 2.24) is 4.57 Å². The summed E-state index contributed by atoms with van der Waals surface area (Å²) >= 11 is 0. The zero-order chi connectivity index (χ0) is 16.1. The predicted molar refractivity (Wildman–Crippen MR) is 83.6 cm³/mol. The lowest BCUT2D eigenvalue weighted by Crippen LogP contribution is -2.28. The van der Waals surface area contributed by atoms with Gasteiger partial charge in [-0.25, -0.2) is 0 Å². The van der Waals surface area contributed by atoms with Crippen molar-refractivity contribution >= 4 is 11.6 Å². The molecule has 6 nitrogen and oxygen atoms in total. The van der Waals surface area contributed by atoms with Gasteiger partial charge in [-0.15, -0.1) is 0 Å². The second-order valence-electron chi connectivity index (χ2n) is 4.74. The number of hydrogen-bond acceptors (Lipinski definition) is 4. The van der Waals surface area contributed by atoms with Crippen LogP contribution in [0.1, 0.15) is 5.56 Å². The van der Waals surface area contributed by atoms with Crippen molar-refractivity contribution in [3.8, 4) is 11.5 Å². The SMILES string of the molecule is COc1ccc(NC(=O)Cn2cccc(C)c2=O)c(OC)c1. The fourth-order valence-electron chi connectivity index (χ4n) is 2.03. The van der Waals surface area contributed by atoms with Gasteiger partial charge in [0.25, 0.3) is 5.56 Å². The molecule has 0 radical (unpaired) electrons. The van der Waals surface area contributed by atoms with E-state index in [4.69, 9.17) is 9.47 Å². The van der Waals surface area contributed by atoms with Crippen LogP contribution in [0.15, 0.2) is 41.3 Å². The van der Waals surface area contributed by atoms with Gasteiger partial charge in [-0.1, -0.05) is 6.07 Å². The molecular weight excluding hydrogens is 284 g/mol. The van der Waals surface area contributed by atoms with Crippen LogP contribution >= 0.6 is 0 Å². The number of benzene rings is 1. The first-order chi connectivity index (χ1) is 10.5. The topological polar surface area (TPSA) is 69.6 Å². The fourth-order valence-corrected chi connectivity index (χ4v) is 2.03. The number of hydrogen-bond donors (Lipinski definition) is 1. The second-order valence-corrected chi connectivity index (χ2v) is 4.74. The Balaban J connectivity index is 2.15. The Morgan fingerprint density at radius 3 is 2.68 bits per heavy atom. The smallest absolute Gasteiger partial charge is 0.253 e. The highest BCUT2D eigenvalue weighted by molar-refractivity contribution is 5.92. The van der Waals surface area contributed by atoms with Crippen LogP contribution in [0.3, 0.4) is 0 Å². The van der Waals surface area contributed by atoms with Crippen LogP contribution in [-0.4, -0.2) is 24.7 Å². The molecule has 0 saturated carbocycles. The molecule has 0 fully saturated rings. The maximum absolute atomic E-state index is 12.1. The highest BCUT2D eigenvalue weighted by Gasteiger charge is 2.10. The summed E-state index contributed by atoms with van der Waals surface area (Å²) in [7, 11) is 3.06. The van der Waals surface area contributed by atoms with Gasteiger partial charge in [0.15, 0.2) is 0 Å². The Morgan fingerprint density at radius 1 is 1.23 bits per heavy atom. The Labute approximate surface area is 128 Å². The van der Waals surface area contributed by atoms with Crippen LogP contribution in [0, 0.1) is 6.92 Å². The van der Waals surface area contributed by atoms with Gasteiger partial charge in [-0.3, -0.25) is 9.59 Å². The van der Waals surface area contributed by atoms with E-state index in [1.807, 2.05) is 0 Å². The number of pyridine rings is 1. The molecule has 0 bridgehead atoms. The number of aromatic nitrogens is 1. The molecule has 0 spiro atoms. The minimum atomic E-state index is -0.309. The molecule has 0 aliphatic carbocycles. The number of ether oxygens (including phenoxy) is 2. The summed E-state index contributed by atoms with van der Waals surface area (Å²) in [4.78, 5) is 24.0. The molecule has 2 aromatic rings. The molecule has 1 aromatic heterocycles. The fraction of sp³-hybridized carbons (Fsp3) is 0.250. The molecule has 6 heteroatoms. The Bertz CT molecular complexity index is 737. The summed E-state index contributed by atoms with van der Waals surface area (Å²) in [5, 5.41) is 2.73. The maximum atomic E-state index is 12.1. The highest BCUT2D eigenvalue weighted by atomic mass is 16.5. The molecule has 0 aliphatic heterocycles. The lowest BCUT2D eigenvalue weighted by molar-refractivity contribution is -0.116. The number of aryl methyl sites for hydroxylation is 1. The molecule has 1 aromatic carbocycles. The number of carbonyl (C=O) groups excluding carboxylic acids is 1. The monoisotopic (exact) mass is 302 g/mol. The van der Waals surface area contributed by atoms with E-state index in [-0.39, 0.29) is 18.0 Å². The summed E-state index contributed by atoms with van der Waals surface area (Å²) < 4.78 is 11.7. The van der Waals surface area contributed by atoms with Crippen molar-refractivity contribution in [3.05, 3.63) is 52.4 Å². The summed E-state index contributed by atoms with van der Waals surface area (Å²) in [6.45, 7) is 1.65. The second kappa shape index (κ2) is 6.80. The van der Waals surface area contributed by atoms with Crippen molar-refractivity contribution in [2.24, 2.45) is 0 Å². The summed E-state index contributed by atoms with van der Waals surface area (Å²) in [5.74, 6) is 0.810. The van der Waals surface area contributed by atoms with E-state index in [1.54, 1.807) is 50.6 Å². The average molecular weight is 302 g/mol. The quantitative estimate of drug-likeness (QED) is 0.914. The number of rotatable bonds is 5. The normalized spacial score (nSPS) is 10.1. The molecule has 116 valence electrons. The maximum Gasteiger partial charge on any atom is 0.253 e. The first-order valence-electron chi connectivity index (χ1n) is 6.73. The summed E-state index contributed by atoms with van der Waals surface area (Å²) in [6.07, 6.45) is 1.58. The van der Waals surface area contributed by atoms with E-state index in [9.17, 15) is 9.59 Å². The lowest BCUT2D eigenvalue weighted by atomic mass is 10.2. The molecule has 1 heterocycles. The molecule has 1 N–H and O–H groups in total. The number of nitrogens with zero attached hydrogens (tertiary/aromatic N) is 1. The van der Waals surface area contributed by atoms with Crippen LogP contribution in [0.4, 0.5) is 5.69 Å². The minimum Gasteiger partial charge on any atom is -0.497 e. The van der Waals surface area contributed by atoms with E-state index in [2.05, 4.69) is 5.32 Å². The number of amides is 1. The molecule has 0 atom stereocenters. The zero-order valence-electron chi connectivity index (χ0n) is 12.8. The van der Waals surface area contributed by atoms with Crippen molar-refractivity contribution in [2.45, 2.75) is 13.5 Å². The molecule has 0 saturated heterocycles. The highest BCUT2D eigenvalue weighted by Crippen LogP contribution is 2.28. The van der Waals surface area contributed by atoms with Crippen LogP contribution in [0.5, 0.6) is 11.5 Å². The Morgan fingerprint density at radius 2 is 2.00 bits per heavy atom. The molecular formula is C16H18N2O4. The van der Waals surface area contributed by atoms with E-state index in [1.165, 1.54) is 11.7 Å². The molecule has 0 aliphatic rings. The van der Waals surface area contributed by atoms with Crippen LogP contribution < -0.4 is 20.3 Å². The van der Waals surface area contributed by atoms with Crippen molar-refractivity contribution in [2.75, 3.05) is 19.5 Å². The minimum absolute atomic E-state index is 0.0598. The third-order valence-electron chi connectivity index (χ3n) is 3.21.